The van der Waals surface area contributed by atoms with Crippen molar-refractivity contribution in [1.29, 1.82) is 5.26 Å². The van der Waals surface area contributed by atoms with E-state index in [1.54, 1.807) is 0 Å². The van der Waals surface area contributed by atoms with Gasteiger partial charge < -0.3 is 4.57 Å². The van der Waals surface area contributed by atoms with E-state index in [9.17, 15) is 0 Å². The van der Waals surface area contributed by atoms with Crippen LogP contribution >= 0.6 is 0 Å². The van der Waals surface area contributed by atoms with Crippen LogP contribution in [0.3, 0.4) is 0 Å². The molecule has 0 aliphatic heterocycles. The van der Waals surface area contributed by atoms with Crippen LogP contribution in [-0.2, 0) is 12.5 Å². The molecule has 0 spiro atoms. The van der Waals surface area contributed by atoms with Crippen LogP contribution in [0, 0.1) is 25.2 Å². The summed E-state index contributed by atoms with van der Waals surface area (Å²) in [6.07, 6.45) is 0. The third-order valence-corrected chi connectivity index (χ3v) is 2.79. The predicted octanol–water partition coefficient (Wildman–Crippen LogP) is 2.81. The van der Waals surface area contributed by atoms with Crippen LogP contribution in [0.15, 0.2) is 0 Å². The molecule has 0 amide bonds. The van der Waals surface area contributed by atoms with Gasteiger partial charge in [0.15, 0.2) is 0 Å². The first-order chi connectivity index (χ1) is 6.30. The van der Waals surface area contributed by atoms with Crippen molar-refractivity contribution in [2.45, 2.75) is 40.0 Å². The Labute approximate surface area is 86.2 Å². The van der Waals surface area contributed by atoms with E-state index in [1.165, 1.54) is 11.3 Å². The van der Waals surface area contributed by atoms with Crippen LogP contribution in [0.5, 0.6) is 0 Å². The summed E-state index contributed by atoms with van der Waals surface area (Å²) in [5, 5.41) is 9.03. The molecular weight excluding hydrogens is 172 g/mol. The summed E-state index contributed by atoms with van der Waals surface area (Å²) in [5.41, 5.74) is 4.52. The molecule has 1 aromatic heterocycles. The largest absolute Gasteiger partial charge is 0.339 e. The second-order valence-electron chi connectivity index (χ2n) is 4.85. The van der Waals surface area contributed by atoms with Gasteiger partial charge in [-0.3, -0.25) is 0 Å². The molecule has 0 saturated heterocycles. The molecule has 0 unspecified atom stereocenters. The Balaban J connectivity index is 3.56. The molecule has 76 valence electrons. The van der Waals surface area contributed by atoms with Crippen LogP contribution in [0.4, 0.5) is 0 Å². The fraction of sp³-hybridized carbons (Fsp3) is 0.583. The van der Waals surface area contributed by atoms with E-state index in [0.717, 1.165) is 11.3 Å². The minimum absolute atomic E-state index is 0.112. The lowest BCUT2D eigenvalue weighted by Crippen LogP contribution is -2.13. The summed E-state index contributed by atoms with van der Waals surface area (Å²) in [6, 6.07) is 2.26. The van der Waals surface area contributed by atoms with E-state index in [1.807, 2.05) is 18.5 Å². The van der Waals surface area contributed by atoms with Crippen LogP contribution in [0.25, 0.3) is 0 Å². The van der Waals surface area contributed by atoms with Crippen LogP contribution in [0.1, 0.15) is 43.3 Å². The summed E-state index contributed by atoms with van der Waals surface area (Å²) in [7, 11) is 1.95. The highest BCUT2D eigenvalue weighted by Crippen LogP contribution is 2.31. The lowest BCUT2D eigenvalue weighted by molar-refractivity contribution is 0.580. The molecule has 0 atom stereocenters. The molecule has 0 aliphatic rings. The van der Waals surface area contributed by atoms with Gasteiger partial charge in [0.05, 0.1) is 0 Å². The molecular formula is C12H18N2. The average molecular weight is 190 g/mol. The van der Waals surface area contributed by atoms with E-state index >= 15 is 0 Å². The zero-order chi connectivity index (χ0) is 11.1. The van der Waals surface area contributed by atoms with Crippen LogP contribution in [0.2, 0.25) is 0 Å². The lowest BCUT2D eigenvalue weighted by Gasteiger charge is -2.20. The molecule has 1 heterocycles. The average Bonchev–Trinajstić information content (AvgIpc) is 2.22. The zero-order valence-electron chi connectivity index (χ0n) is 9.89. The highest BCUT2D eigenvalue weighted by Gasteiger charge is 2.24. The maximum atomic E-state index is 9.03. The highest BCUT2D eigenvalue weighted by molar-refractivity contribution is 5.46. The fourth-order valence-electron chi connectivity index (χ4n) is 2.24. The maximum absolute atomic E-state index is 9.03. The standard InChI is InChI=1S/C12H18N2/c1-8-10(7-13)14(6)9(2)11(8)12(3,4)5/h1-6H3. The van der Waals surface area contributed by atoms with E-state index < -0.39 is 0 Å². The Morgan fingerprint density at radius 3 is 1.93 bits per heavy atom. The van der Waals surface area contributed by atoms with Crippen LogP contribution in [-0.4, -0.2) is 4.57 Å². The molecule has 0 fully saturated rings. The van der Waals surface area contributed by atoms with Crippen LogP contribution < -0.4 is 0 Å². The van der Waals surface area contributed by atoms with Crippen molar-refractivity contribution in [2.24, 2.45) is 7.05 Å². The molecule has 0 N–H and O–H groups in total. The van der Waals surface area contributed by atoms with Crippen molar-refractivity contribution in [2.75, 3.05) is 0 Å². The van der Waals surface area contributed by atoms with Gasteiger partial charge in [-0.1, -0.05) is 20.8 Å². The fourth-order valence-corrected chi connectivity index (χ4v) is 2.24. The van der Waals surface area contributed by atoms with Gasteiger partial charge in [0.1, 0.15) is 11.8 Å². The molecule has 0 radical (unpaired) electrons. The highest BCUT2D eigenvalue weighted by atomic mass is 15.0. The number of hydrogen-bond acceptors (Lipinski definition) is 1. The van der Waals surface area contributed by atoms with Gasteiger partial charge >= 0.3 is 0 Å². The Bertz CT molecular complexity index is 397. The smallest absolute Gasteiger partial charge is 0.123 e. The summed E-state index contributed by atoms with van der Waals surface area (Å²) in [4.78, 5) is 0. The second-order valence-corrected chi connectivity index (χ2v) is 4.85. The van der Waals surface area contributed by atoms with Crippen molar-refractivity contribution in [3.63, 3.8) is 0 Å². The number of hydrogen-bond donors (Lipinski definition) is 0. The summed E-state index contributed by atoms with van der Waals surface area (Å²) < 4.78 is 1.98. The number of rotatable bonds is 0. The first-order valence-corrected chi connectivity index (χ1v) is 4.87. The molecule has 0 saturated carbocycles. The van der Waals surface area contributed by atoms with Crippen molar-refractivity contribution >= 4 is 0 Å². The summed E-state index contributed by atoms with van der Waals surface area (Å²) in [5.74, 6) is 0. The first kappa shape index (κ1) is 10.8. The minimum Gasteiger partial charge on any atom is -0.339 e. The number of nitriles is 1. The van der Waals surface area contributed by atoms with E-state index in [2.05, 4.69) is 33.8 Å². The molecule has 1 aromatic rings. The van der Waals surface area contributed by atoms with Gasteiger partial charge in [-0.2, -0.15) is 5.26 Å². The van der Waals surface area contributed by atoms with E-state index in [0.29, 0.717) is 0 Å². The Morgan fingerprint density at radius 1 is 1.21 bits per heavy atom. The summed E-state index contributed by atoms with van der Waals surface area (Å²) >= 11 is 0. The SMILES string of the molecule is Cc1c(C(C)(C)C)c(C)n(C)c1C#N. The van der Waals surface area contributed by atoms with E-state index in [-0.39, 0.29) is 5.41 Å². The Hall–Kier alpha value is -1.23. The monoisotopic (exact) mass is 190 g/mol. The van der Waals surface area contributed by atoms with Gasteiger partial charge in [-0.05, 0) is 30.4 Å². The lowest BCUT2D eigenvalue weighted by atomic mass is 9.84. The Morgan fingerprint density at radius 2 is 1.71 bits per heavy atom. The predicted molar refractivity (Wildman–Crippen MR) is 58.3 cm³/mol. The minimum atomic E-state index is 0.112. The van der Waals surface area contributed by atoms with Crippen molar-refractivity contribution in [3.8, 4) is 6.07 Å². The molecule has 2 heteroatoms. The molecule has 14 heavy (non-hydrogen) atoms. The van der Waals surface area contributed by atoms with Gasteiger partial charge in [-0.25, -0.2) is 0 Å². The third kappa shape index (κ3) is 1.43. The van der Waals surface area contributed by atoms with Gasteiger partial charge in [-0.15, -0.1) is 0 Å². The van der Waals surface area contributed by atoms with Crippen molar-refractivity contribution in [1.82, 2.24) is 4.57 Å². The third-order valence-electron chi connectivity index (χ3n) is 2.79. The zero-order valence-corrected chi connectivity index (χ0v) is 9.89. The molecule has 0 bridgehead atoms. The van der Waals surface area contributed by atoms with Gasteiger partial charge in [0, 0.05) is 12.7 Å². The normalized spacial score (nSPS) is 11.5. The quantitative estimate of drug-likeness (QED) is 0.618. The molecule has 0 aliphatic carbocycles. The molecule has 0 aromatic carbocycles. The van der Waals surface area contributed by atoms with E-state index in [4.69, 9.17) is 5.26 Å². The van der Waals surface area contributed by atoms with Gasteiger partial charge in [0.2, 0.25) is 0 Å². The van der Waals surface area contributed by atoms with Crippen molar-refractivity contribution < 1.29 is 0 Å². The van der Waals surface area contributed by atoms with Gasteiger partial charge in [0.25, 0.3) is 0 Å². The second kappa shape index (κ2) is 3.16. The Kier molecular flexibility index (Phi) is 2.45. The number of aromatic nitrogens is 1. The maximum Gasteiger partial charge on any atom is 0.123 e. The first-order valence-electron chi connectivity index (χ1n) is 4.87. The molecule has 1 rings (SSSR count). The number of nitrogens with zero attached hydrogens (tertiary/aromatic N) is 2. The van der Waals surface area contributed by atoms with Crippen molar-refractivity contribution in [3.05, 3.63) is 22.5 Å². The topological polar surface area (TPSA) is 28.7 Å². The molecule has 2 nitrogen and oxygen atoms in total. The summed E-state index contributed by atoms with van der Waals surface area (Å²) in [6.45, 7) is 10.7.